The van der Waals surface area contributed by atoms with Gasteiger partial charge in [0.25, 0.3) is 0 Å². The van der Waals surface area contributed by atoms with E-state index in [2.05, 4.69) is 19.2 Å². The molecule has 0 bridgehead atoms. The SMILES string of the molecule is CCCCCCCCCCCCCCCCCCCC/C=C/C(O)C(COP(=O)(O)OCC[N+](C)(C)C)NC(=O)CCCCCCCCCCCCCCCCCCCCCCCCCCCCCC. The lowest BCUT2D eigenvalue weighted by atomic mass is 10.0. The molecule has 0 fully saturated rings. The van der Waals surface area contributed by atoms with Crippen molar-refractivity contribution in [3.8, 4) is 0 Å². The van der Waals surface area contributed by atoms with Crippen molar-refractivity contribution in [1.29, 1.82) is 0 Å². The number of allylic oxidation sites excluding steroid dienone is 1. The van der Waals surface area contributed by atoms with Crippen LogP contribution in [0.3, 0.4) is 0 Å². The standard InChI is InChI=1S/C61H123N2O6P/c1-6-8-10-12-14-16-18-20-22-24-26-28-29-30-31-32-33-34-35-37-39-41-43-45-47-49-51-53-55-61(65)62-59(58-69-70(66,67)68-57-56-63(3,4)5)60(64)54-52-50-48-46-44-42-40-38-36-27-25-23-21-19-17-15-13-11-9-7-2/h52,54,59-60,64H,6-51,53,55-58H2,1-5H3,(H-,62,65,66,67)/p+1/b54-52+. The molecule has 3 N–H and O–H groups in total. The van der Waals surface area contributed by atoms with Crippen LogP contribution in [0.15, 0.2) is 12.2 Å². The maximum atomic E-state index is 13.0. The third kappa shape index (κ3) is 55.0. The van der Waals surface area contributed by atoms with Crippen LogP contribution >= 0.6 is 7.82 Å². The number of phosphoric ester groups is 1. The van der Waals surface area contributed by atoms with Crippen LogP contribution in [-0.4, -0.2) is 73.4 Å². The summed E-state index contributed by atoms with van der Waals surface area (Å²) in [5.41, 5.74) is 0. The molecule has 0 aliphatic carbocycles. The third-order valence-corrected chi connectivity index (χ3v) is 15.5. The van der Waals surface area contributed by atoms with Crippen LogP contribution in [-0.2, 0) is 18.4 Å². The van der Waals surface area contributed by atoms with Crippen LogP contribution in [0.1, 0.15) is 322 Å². The van der Waals surface area contributed by atoms with E-state index in [1.807, 2.05) is 27.2 Å². The Labute approximate surface area is 437 Å². The summed E-state index contributed by atoms with van der Waals surface area (Å²) < 4.78 is 23.8. The number of nitrogens with one attached hydrogen (secondary N) is 1. The van der Waals surface area contributed by atoms with Gasteiger partial charge in [-0.2, -0.15) is 0 Å². The Kier molecular flexibility index (Phi) is 52.5. The van der Waals surface area contributed by atoms with Gasteiger partial charge in [-0.05, 0) is 19.3 Å². The van der Waals surface area contributed by atoms with Gasteiger partial charge in [0.2, 0.25) is 5.91 Å². The molecule has 0 aromatic heterocycles. The molecule has 0 rings (SSSR count). The maximum absolute atomic E-state index is 13.0. The molecule has 0 aliphatic rings. The third-order valence-electron chi connectivity index (χ3n) is 14.5. The lowest BCUT2D eigenvalue weighted by molar-refractivity contribution is -0.870. The summed E-state index contributed by atoms with van der Waals surface area (Å²) in [4.78, 5) is 23.3. The number of amides is 1. The fraction of sp³-hybridized carbons (Fsp3) is 0.951. The molecule has 418 valence electrons. The van der Waals surface area contributed by atoms with Crippen molar-refractivity contribution in [2.24, 2.45) is 0 Å². The summed E-state index contributed by atoms with van der Waals surface area (Å²) in [6.45, 7) is 4.88. The van der Waals surface area contributed by atoms with Crippen molar-refractivity contribution in [2.75, 3.05) is 40.9 Å². The van der Waals surface area contributed by atoms with Crippen molar-refractivity contribution in [3.63, 3.8) is 0 Å². The fourth-order valence-corrected chi connectivity index (χ4v) is 10.4. The van der Waals surface area contributed by atoms with E-state index in [9.17, 15) is 19.4 Å². The Morgan fingerprint density at radius 1 is 0.471 bits per heavy atom. The molecule has 0 saturated carbocycles. The Balaban J connectivity index is 4.09. The van der Waals surface area contributed by atoms with Crippen molar-refractivity contribution in [1.82, 2.24) is 5.32 Å². The van der Waals surface area contributed by atoms with Gasteiger partial charge < -0.3 is 19.8 Å². The van der Waals surface area contributed by atoms with E-state index in [1.165, 1.54) is 270 Å². The van der Waals surface area contributed by atoms with Crippen LogP contribution < -0.4 is 5.32 Å². The normalized spacial score (nSPS) is 13.9. The minimum Gasteiger partial charge on any atom is -0.387 e. The van der Waals surface area contributed by atoms with Gasteiger partial charge in [-0.15, -0.1) is 0 Å². The molecule has 3 unspecified atom stereocenters. The van der Waals surface area contributed by atoms with Crippen molar-refractivity contribution >= 4 is 13.7 Å². The number of nitrogens with zero attached hydrogens (tertiary/aromatic N) is 1. The summed E-state index contributed by atoms with van der Waals surface area (Å²) in [5.74, 6) is -0.168. The first kappa shape index (κ1) is 69.2. The Morgan fingerprint density at radius 3 is 1.06 bits per heavy atom. The number of phosphoric acid groups is 1. The van der Waals surface area contributed by atoms with Crippen molar-refractivity contribution < 1.29 is 32.9 Å². The lowest BCUT2D eigenvalue weighted by Crippen LogP contribution is -2.45. The molecule has 3 atom stereocenters. The van der Waals surface area contributed by atoms with Gasteiger partial charge in [0, 0.05) is 6.42 Å². The predicted octanol–water partition coefficient (Wildman–Crippen LogP) is 19.0. The number of aliphatic hydroxyl groups excluding tert-OH is 1. The van der Waals surface area contributed by atoms with Gasteiger partial charge >= 0.3 is 7.82 Å². The second-order valence-electron chi connectivity index (χ2n) is 22.8. The number of hydrogen-bond acceptors (Lipinski definition) is 5. The highest BCUT2D eigenvalue weighted by Crippen LogP contribution is 2.43. The number of likely N-dealkylation sites (N-methyl/N-ethyl adjacent to an activating group) is 1. The fourth-order valence-electron chi connectivity index (χ4n) is 9.63. The van der Waals surface area contributed by atoms with E-state index in [1.54, 1.807) is 6.08 Å². The number of aliphatic hydroxyl groups is 1. The molecular weight excluding hydrogens is 888 g/mol. The van der Waals surface area contributed by atoms with Crippen LogP contribution in [0.5, 0.6) is 0 Å². The number of quaternary nitrogens is 1. The molecule has 0 spiro atoms. The average Bonchev–Trinajstić information content (AvgIpc) is 3.32. The van der Waals surface area contributed by atoms with Crippen LogP contribution in [0.2, 0.25) is 0 Å². The topological polar surface area (TPSA) is 105 Å². The van der Waals surface area contributed by atoms with Gasteiger partial charge in [-0.25, -0.2) is 4.57 Å². The monoisotopic (exact) mass is 1010 g/mol. The minimum absolute atomic E-state index is 0.0653. The van der Waals surface area contributed by atoms with E-state index in [0.29, 0.717) is 17.4 Å². The van der Waals surface area contributed by atoms with Gasteiger partial charge in [0.15, 0.2) is 0 Å². The average molecular weight is 1010 g/mol. The minimum atomic E-state index is -4.34. The number of hydrogen-bond donors (Lipinski definition) is 3. The van der Waals surface area contributed by atoms with Gasteiger partial charge in [0.1, 0.15) is 13.2 Å². The molecule has 70 heavy (non-hydrogen) atoms. The first-order chi connectivity index (χ1) is 34.0. The van der Waals surface area contributed by atoms with Gasteiger partial charge in [-0.1, -0.05) is 309 Å². The summed E-state index contributed by atoms with van der Waals surface area (Å²) in [6, 6.07) is -0.842. The Bertz CT molecular complexity index is 1150. The molecule has 0 radical (unpaired) electrons. The Hall–Kier alpha value is -0.760. The van der Waals surface area contributed by atoms with Crippen molar-refractivity contribution in [3.05, 3.63) is 12.2 Å². The second-order valence-corrected chi connectivity index (χ2v) is 24.3. The van der Waals surface area contributed by atoms with Crippen LogP contribution in [0.25, 0.3) is 0 Å². The lowest BCUT2D eigenvalue weighted by Gasteiger charge is -2.25. The first-order valence-corrected chi connectivity index (χ1v) is 32.6. The molecule has 0 aromatic rings. The van der Waals surface area contributed by atoms with Gasteiger partial charge in [-0.3, -0.25) is 13.8 Å². The zero-order valence-electron chi connectivity index (χ0n) is 47.8. The number of unbranched alkanes of at least 4 members (excludes halogenated alkanes) is 45. The molecular formula is C61H124N2O6P+. The molecule has 9 heteroatoms. The quantitative estimate of drug-likeness (QED) is 0.0243. The van der Waals surface area contributed by atoms with E-state index >= 15 is 0 Å². The zero-order chi connectivity index (χ0) is 51.3. The predicted molar refractivity (Wildman–Crippen MR) is 305 cm³/mol. The van der Waals surface area contributed by atoms with E-state index < -0.39 is 20.0 Å². The van der Waals surface area contributed by atoms with Crippen molar-refractivity contribution in [2.45, 2.75) is 334 Å². The Morgan fingerprint density at radius 2 is 0.757 bits per heavy atom. The van der Waals surface area contributed by atoms with E-state index in [0.717, 1.165) is 32.1 Å². The summed E-state index contributed by atoms with van der Waals surface area (Å²) in [6.07, 6.45) is 66.1. The van der Waals surface area contributed by atoms with E-state index in [-0.39, 0.29) is 19.1 Å². The molecule has 0 saturated heterocycles. The largest absolute Gasteiger partial charge is 0.472 e. The zero-order valence-corrected chi connectivity index (χ0v) is 48.7. The molecule has 8 nitrogen and oxygen atoms in total. The highest BCUT2D eigenvalue weighted by atomic mass is 31.2. The molecule has 0 aliphatic heterocycles. The summed E-state index contributed by atoms with van der Waals surface area (Å²) in [7, 11) is 1.59. The summed E-state index contributed by atoms with van der Waals surface area (Å²) >= 11 is 0. The van der Waals surface area contributed by atoms with E-state index in [4.69, 9.17) is 9.05 Å². The first-order valence-electron chi connectivity index (χ1n) is 31.1. The van der Waals surface area contributed by atoms with Crippen LogP contribution in [0.4, 0.5) is 0 Å². The van der Waals surface area contributed by atoms with Gasteiger partial charge in [0.05, 0.1) is 39.9 Å². The number of carbonyl (C=O) groups excluding carboxylic acids is 1. The number of rotatable bonds is 58. The number of carbonyl (C=O) groups is 1. The highest BCUT2D eigenvalue weighted by Gasteiger charge is 2.27. The maximum Gasteiger partial charge on any atom is 0.472 e. The second kappa shape index (κ2) is 53.1. The van der Waals surface area contributed by atoms with Crippen LogP contribution in [0, 0.1) is 0 Å². The molecule has 0 aromatic carbocycles. The smallest absolute Gasteiger partial charge is 0.387 e. The molecule has 0 heterocycles. The highest BCUT2D eigenvalue weighted by molar-refractivity contribution is 7.47. The molecule has 1 amide bonds. The summed E-state index contributed by atoms with van der Waals surface area (Å²) in [5, 5.41) is 14.0.